The minimum atomic E-state index is -0.735. The summed E-state index contributed by atoms with van der Waals surface area (Å²) >= 11 is 0. The van der Waals surface area contributed by atoms with Crippen molar-refractivity contribution in [2.45, 2.75) is 6.42 Å². The third-order valence-corrected chi connectivity index (χ3v) is 4.50. The molecule has 0 unspecified atom stereocenters. The molecule has 2 N–H and O–H groups in total. The summed E-state index contributed by atoms with van der Waals surface area (Å²) in [6, 6.07) is 15.5. The molecule has 0 fully saturated rings. The van der Waals surface area contributed by atoms with Crippen molar-refractivity contribution in [2.24, 2.45) is 0 Å². The van der Waals surface area contributed by atoms with E-state index in [1.807, 2.05) is 0 Å². The highest BCUT2D eigenvalue weighted by Gasteiger charge is 2.15. The molecule has 144 valence electrons. The number of hydrogen-bond acceptors (Lipinski definition) is 4. The molecule has 4 aromatic rings. The predicted octanol–water partition coefficient (Wildman–Crippen LogP) is 2.45. The fourth-order valence-corrected chi connectivity index (χ4v) is 3.12. The quantitative estimate of drug-likeness (QED) is 0.562. The van der Waals surface area contributed by atoms with Gasteiger partial charge in [-0.25, -0.2) is 9.37 Å². The number of aliphatic hydroxyl groups excluding tert-OH is 1. The molecule has 0 atom stereocenters. The molecule has 0 saturated heterocycles. The zero-order valence-corrected chi connectivity index (χ0v) is 15.2. The maximum atomic E-state index is 13.2. The lowest BCUT2D eigenvalue weighted by atomic mass is 10.1. The number of anilines is 1. The number of pyridine rings is 2. The number of aromatic nitrogens is 2. The van der Waals surface area contributed by atoms with Gasteiger partial charge in [-0.05, 0) is 35.9 Å². The summed E-state index contributed by atoms with van der Waals surface area (Å²) in [4.78, 5) is 28.3. The first-order valence-corrected chi connectivity index (χ1v) is 8.85. The summed E-state index contributed by atoms with van der Waals surface area (Å²) in [5.74, 6) is -1.30. The van der Waals surface area contributed by atoms with Crippen molar-refractivity contribution in [3.8, 4) is 0 Å². The number of rotatable bonds is 4. The standard InChI is InChI=1S/C22H16FN3O3/c23-15-6-4-14(5-7-15)11-16-12-18(19-13-17(27)8-10-26(16)19)21(28)22(29)25-20-3-1-2-9-24-20/h1-10,12-13,28H,11H2,(H,24,25,29). The fraction of sp³-hybridized carbons (Fsp3) is 0.0455. The molecule has 1 amide bonds. The fourth-order valence-electron chi connectivity index (χ4n) is 3.12. The summed E-state index contributed by atoms with van der Waals surface area (Å²) in [5.41, 5.74) is 1.74. The largest absolute Gasteiger partial charge is 0.503 e. The molecular weight excluding hydrogens is 373 g/mol. The number of nitrogens with one attached hydrogen (secondary N) is 1. The van der Waals surface area contributed by atoms with Gasteiger partial charge in [-0.15, -0.1) is 0 Å². The van der Waals surface area contributed by atoms with E-state index in [4.69, 9.17) is 0 Å². The number of carbonyl (C=O) groups is 1. The van der Waals surface area contributed by atoms with Crippen LogP contribution in [0.15, 0.2) is 77.9 Å². The van der Waals surface area contributed by atoms with Gasteiger partial charge in [-0.2, -0.15) is 0 Å². The first-order chi connectivity index (χ1) is 14.0. The molecule has 0 spiro atoms. The third kappa shape index (κ3) is 3.84. The number of benzene rings is 1. The highest BCUT2D eigenvalue weighted by molar-refractivity contribution is 6.17. The number of hydrogen-bond donors (Lipinski definition) is 2. The zero-order chi connectivity index (χ0) is 20.4. The van der Waals surface area contributed by atoms with Crippen molar-refractivity contribution in [2.75, 3.05) is 5.32 Å². The Morgan fingerprint density at radius 2 is 1.90 bits per heavy atom. The molecule has 1 aromatic carbocycles. The highest BCUT2D eigenvalue weighted by atomic mass is 19.1. The molecular formula is C22H16FN3O3. The molecule has 0 saturated carbocycles. The number of aliphatic hydroxyl groups is 1. The molecule has 0 radical (unpaired) electrons. The van der Waals surface area contributed by atoms with Crippen LogP contribution in [0.5, 0.6) is 0 Å². The van der Waals surface area contributed by atoms with Gasteiger partial charge in [0.25, 0.3) is 5.91 Å². The molecule has 7 heteroatoms. The van der Waals surface area contributed by atoms with Gasteiger partial charge in [0.1, 0.15) is 11.6 Å². The van der Waals surface area contributed by atoms with E-state index in [1.54, 1.807) is 47.0 Å². The van der Waals surface area contributed by atoms with Gasteiger partial charge in [0.15, 0.2) is 11.2 Å². The van der Waals surface area contributed by atoms with Crippen LogP contribution >= 0.6 is 0 Å². The Balaban J connectivity index is 1.80. The van der Waals surface area contributed by atoms with E-state index in [0.29, 0.717) is 17.8 Å². The first-order valence-electron chi connectivity index (χ1n) is 8.85. The maximum absolute atomic E-state index is 13.2. The number of nitrogens with zero attached hydrogens (tertiary/aromatic N) is 2. The van der Waals surface area contributed by atoms with E-state index in [9.17, 15) is 19.1 Å². The van der Waals surface area contributed by atoms with Crippen LogP contribution in [0.4, 0.5) is 10.2 Å². The second-order valence-electron chi connectivity index (χ2n) is 6.49. The van der Waals surface area contributed by atoms with E-state index >= 15 is 0 Å². The summed E-state index contributed by atoms with van der Waals surface area (Å²) in [5, 5.41) is 13.3. The van der Waals surface area contributed by atoms with Crippen molar-refractivity contribution in [1.29, 1.82) is 0 Å². The molecule has 0 aliphatic rings. The molecule has 0 aliphatic carbocycles. The summed E-state index contributed by atoms with van der Waals surface area (Å²) < 4.78 is 14.9. The summed E-state index contributed by atoms with van der Waals surface area (Å²) in [7, 11) is 0. The average molecular weight is 389 g/mol. The zero-order valence-electron chi connectivity index (χ0n) is 15.2. The van der Waals surface area contributed by atoms with Gasteiger partial charge in [0.05, 0.1) is 5.52 Å². The van der Waals surface area contributed by atoms with Crippen LogP contribution in [0.25, 0.3) is 11.3 Å². The number of amides is 1. The van der Waals surface area contributed by atoms with Gasteiger partial charge in [-0.1, -0.05) is 18.2 Å². The maximum Gasteiger partial charge on any atom is 0.292 e. The van der Waals surface area contributed by atoms with Gasteiger partial charge >= 0.3 is 0 Å². The van der Waals surface area contributed by atoms with Crippen LogP contribution < -0.4 is 16.0 Å². The van der Waals surface area contributed by atoms with E-state index in [-0.39, 0.29) is 16.5 Å². The van der Waals surface area contributed by atoms with Gasteiger partial charge in [0, 0.05) is 41.9 Å². The number of fused-ring (bicyclic) bond motifs is 1. The van der Waals surface area contributed by atoms with Crippen molar-refractivity contribution >= 4 is 23.0 Å². The number of carbonyl (C=O) groups excluding carboxylic acids is 1. The minimum Gasteiger partial charge on any atom is -0.503 e. The lowest BCUT2D eigenvalue weighted by Crippen LogP contribution is -2.20. The molecule has 3 aromatic heterocycles. The lowest BCUT2D eigenvalue weighted by Gasteiger charge is -2.03. The van der Waals surface area contributed by atoms with Gasteiger partial charge in [-0.3, -0.25) is 9.59 Å². The Kier molecular flexibility index (Phi) is 4.78. The molecule has 4 rings (SSSR count). The van der Waals surface area contributed by atoms with Crippen LogP contribution in [0.1, 0.15) is 11.3 Å². The molecule has 0 aliphatic heterocycles. The van der Waals surface area contributed by atoms with E-state index in [2.05, 4.69) is 10.3 Å². The van der Waals surface area contributed by atoms with Crippen molar-refractivity contribution in [3.05, 3.63) is 106 Å². The summed E-state index contributed by atoms with van der Waals surface area (Å²) in [6.07, 6.45) is 3.53. The van der Waals surface area contributed by atoms with E-state index in [1.165, 1.54) is 30.5 Å². The van der Waals surface area contributed by atoms with Crippen LogP contribution in [0.2, 0.25) is 0 Å². The Bertz CT molecular complexity index is 1300. The third-order valence-electron chi connectivity index (χ3n) is 4.50. The van der Waals surface area contributed by atoms with Crippen LogP contribution in [-0.2, 0) is 11.2 Å². The van der Waals surface area contributed by atoms with Gasteiger partial charge in [0.2, 0.25) is 0 Å². The second kappa shape index (κ2) is 7.55. The van der Waals surface area contributed by atoms with Crippen LogP contribution in [-0.4, -0.2) is 20.4 Å². The van der Waals surface area contributed by atoms with Gasteiger partial charge < -0.3 is 14.8 Å². The normalized spacial score (nSPS) is 12.0. The lowest BCUT2D eigenvalue weighted by molar-refractivity contribution is -0.112. The Labute approximate surface area is 164 Å². The Morgan fingerprint density at radius 1 is 1.10 bits per heavy atom. The number of halogens is 1. The molecule has 29 heavy (non-hydrogen) atoms. The highest BCUT2D eigenvalue weighted by Crippen LogP contribution is 2.12. The van der Waals surface area contributed by atoms with Crippen LogP contribution in [0, 0.1) is 5.82 Å². The Hall–Kier alpha value is -4.00. The minimum absolute atomic E-state index is 0.230. The average Bonchev–Trinajstić information content (AvgIpc) is 3.07. The molecule has 6 nitrogen and oxygen atoms in total. The monoisotopic (exact) mass is 389 g/mol. The molecule has 3 heterocycles. The van der Waals surface area contributed by atoms with Crippen molar-refractivity contribution < 1.29 is 14.3 Å². The van der Waals surface area contributed by atoms with E-state index < -0.39 is 11.7 Å². The van der Waals surface area contributed by atoms with Crippen molar-refractivity contribution in [1.82, 2.24) is 9.38 Å². The smallest absolute Gasteiger partial charge is 0.292 e. The molecule has 0 bridgehead atoms. The topological polar surface area (TPSA) is 83.7 Å². The SMILES string of the molecule is O=C(Nc1ccccn1)C(O)=c1cc(Cc2ccc(F)cc2)n2ccc(=O)cc12. The van der Waals surface area contributed by atoms with Crippen LogP contribution in [0.3, 0.4) is 0 Å². The second-order valence-corrected chi connectivity index (χ2v) is 6.49. The first kappa shape index (κ1) is 18.4. The summed E-state index contributed by atoms with van der Waals surface area (Å²) in [6.45, 7) is 0. The van der Waals surface area contributed by atoms with E-state index in [0.717, 1.165) is 11.3 Å². The predicted molar refractivity (Wildman–Crippen MR) is 107 cm³/mol. The Morgan fingerprint density at radius 3 is 2.62 bits per heavy atom. The van der Waals surface area contributed by atoms with Crippen molar-refractivity contribution in [3.63, 3.8) is 0 Å².